The van der Waals surface area contributed by atoms with Crippen molar-refractivity contribution >= 4 is 30.7 Å². The molecule has 0 bridgehead atoms. The van der Waals surface area contributed by atoms with Crippen LogP contribution in [0.25, 0.3) is 0 Å². The van der Waals surface area contributed by atoms with Gasteiger partial charge in [0.05, 0.1) is 6.54 Å². The maximum Gasteiger partial charge on any atom is 0.319 e. The number of halogens is 6. The van der Waals surface area contributed by atoms with Crippen LogP contribution in [0.1, 0.15) is 6.92 Å². The lowest BCUT2D eigenvalue weighted by atomic mass is 10.1. The third-order valence-electron chi connectivity index (χ3n) is 3.21. The van der Waals surface area contributed by atoms with Gasteiger partial charge in [0.1, 0.15) is 0 Å². The van der Waals surface area contributed by atoms with Gasteiger partial charge in [0.15, 0.2) is 0 Å². The van der Waals surface area contributed by atoms with Crippen molar-refractivity contribution in [2.45, 2.75) is 19.3 Å². The Hall–Kier alpha value is -0.310. The normalized spacial score (nSPS) is 18.0. The van der Waals surface area contributed by atoms with E-state index in [-0.39, 0.29) is 69.4 Å². The number of amides is 1. The molecule has 1 unspecified atom stereocenters. The molecule has 0 aromatic heterocycles. The van der Waals surface area contributed by atoms with Crippen molar-refractivity contribution < 1.29 is 22.4 Å². The van der Waals surface area contributed by atoms with E-state index in [1.54, 1.807) is 6.92 Å². The predicted molar refractivity (Wildman–Crippen MR) is 76.7 cm³/mol. The SMILES string of the molecule is CC(CN)C(=O)N1CCN(CC(F)(F)C(F)F)CC1.Cl.Cl. The molecule has 1 aliphatic heterocycles. The van der Waals surface area contributed by atoms with Crippen molar-refractivity contribution in [2.75, 3.05) is 39.3 Å². The van der Waals surface area contributed by atoms with Gasteiger partial charge in [-0.15, -0.1) is 24.8 Å². The molecule has 4 nitrogen and oxygen atoms in total. The van der Waals surface area contributed by atoms with Gasteiger partial charge >= 0.3 is 12.3 Å². The van der Waals surface area contributed by atoms with E-state index in [9.17, 15) is 22.4 Å². The number of nitrogens with two attached hydrogens (primary N) is 1. The summed E-state index contributed by atoms with van der Waals surface area (Å²) in [6.07, 6.45) is -3.66. The molecule has 0 aliphatic carbocycles. The highest BCUT2D eigenvalue weighted by atomic mass is 35.5. The molecule has 2 N–H and O–H groups in total. The summed E-state index contributed by atoms with van der Waals surface area (Å²) in [6.45, 7) is 1.82. The summed E-state index contributed by atoms with van der Waals surface area (Å²) in [6, 6.07) is 0. The highest BCUT2D eigenvalue weighted by Gasteiger charge is 2.42. The molecule has 0 aromatic rings. The summed E-state index contributed by atoms with van der Waals surface area (Å²) in [7, 11) is 0. The first-order valence-electron chi connectivity index (χ1n) is 6.15. The summed E-state index contributed by atoms with van der Waals surface area (Å²) in [5, 5.41) is 0. The molecule has 1 aliphatic rings. The third-order valence-corrected chi connectivity index (χ3v) is 3.21. The zero-order valence-corrected chi connectivity index (χ0v) is 13.2. The smallest absolute Gasteiger partial charge is 0.319 e. The Morgan fingerprint density at radius 3 is 2.05 bits per heavy atom. The molecule has 10 heteroatoms. The van der Waals surface area contributed by atoms with Gasteiger partial charge < -0.3 is 10.6 Å². The van der Waals surface area contributed by atoms with Crippen molar-refractivity contribution in [3.63, 3.8) is 0 Å². The maximum atomic E-state index is 12.9. The number of carbonyl (C=O) groups excluding carboxylic acids is 1. The lowest BCUT2D eigenvalue weighted by molar-refractivity contribution is -0.149. The second-order valence-corrected chi connectivity index (χ2v) is 4.80. The van der Waals surface area contributed by atoms with Gasteiger partial charge in [0.25, 0.3) is 0 Å². The Morgan fingerprint density at radius 2 is 1.67 bits per heavy atom. The third kappa shape index (κ3) is 6.54. The zero-order valence-electron chi connectivity index (χ0n) is 11.6. The van der Waals surface area contributed by atoms with Crippen LogP contribution >= 0.6 is 24.8 Å². The number of carbonyl (C=O) groups is 1. The molecule has 0 radical (unpaired) electrons. The van der Waals surface area contributed by atoms with Crippen LogP contribution in [-0.4, -0.2) is 67.3 Å². The lowest BCUT2D eigenvalue weighted by Gasteiger charge is -2.37. The van der Waals surface area contributed by atoms with Gasteiger partial charge in [-0.05, 0) is 0 Å². The minimum absolute atomic E-state index is 0. The summed E-state index contributed by atoms with van der Waals surface area (Å²) < 4.78 is 49.9. The Balaban J connectivity index is 0. The van der Waals surface area contributed by atoms with E-state index < -0.39 is 18.9 Å². The molecule has 128 valence electrons. The molecule has 0 aromatic carbocycles. The molecule has 1 fully saturated rings. The summed E-state index contributed by atoms with van der Waals surface area (Å²) in [5.74, 6) is -4.44. The van der Waals surface area contributed by atoms with E-state index in [2.05, 4.69) is 0 Å². The van der Waals surface area contributed by atoms with Crippen LogP contribution in [0.3, 0.4) is 0 Å². The van der Waals surface area contributed by atoms with Crippen LogP contribution in [0.5, 0.6) is 0 Å². The van der Waals surface area contributed by atoms with E-state index in [4.69, 9.17) is 5.73 Å². The van der Waals surface area contributed by atoms with Gasteiger partial charge in [-0.3, -0.25) is 9.69 Å². The van der Waals surface area contributed by atoms with Gasteiger partial charge in [-0.2, -0.15) is 8.78 Å². The minimum Gasteiger partial charge on any atom is -0.340 e. The second kappa shape index (κ2) is 9.66. The van der Waals surface area contributed by atoms with E-state index in [0.29, 0.717) is 0 Å². The average Bonchev–Trinajstić information content (AvgIpc) is 2.37. The van der Waals surface area contributed by atoms with Crippen molar-refractivity contribution in [1.82, 2.24) is 9.80 Å². The van der Waals surface area contributed by atoms with Crippen molar-refractivity contribution in [1.29, 1.82) is 0 Å². The molecular formula is C11H21Cl2F4N3O. The topological polar surface area (TPSA) is 49.6 Å². The van der Waals surface area contributed by atoms with Gasteiger partial charge in [-0.1, -0.05) is 6.92 Å². The average molecular weight is 358 g/mol. The fourth-order valence-electron chi connectivity index (χ4n) is 1.91. The highest BCUT2D eigenvalue weighted by Crippen LogP contribution is 2.24. The quantitative estimate of drug-likeness (QED) is 0.758. The van der Waals surface area contributed by atoms with Crippen LogP contribution in [0.4, 0.5) is 17.6 Å². The zero-order chi connectivity index (χ0) is 14.6. The molecule has 1 atom stereocenters. The molecule has 1 amide bonds. The van der Waals surface area contributed by atoms with Crippen LogP contribution in [-0.2, 0) is 4.79 Å². The standard InChI is InChI=1S/C11H19F4N3O.2ClH/c1-8(6-16)9(19)18-4-2-17(3-5-18)7-11(14,15)10(12)13;;/h8,10H,2-7,16H2,1H3;2*1H. The second-order valence-electron chi connectivity index (χ2n) is 4.80. The minimum atomic E-state index is -4.00. The number of hydrogen-bond acceptors (Lipinski definition) is 3. The molecular weight excluding hydrogens is 337 g/mol. The Bertz CT molecular complexity index is 316. The fraction of sp³-hybridized carbons (Fsp3) is 0.909. The molecule has 1 heterocycles. The number of piperazine rings is 1. The van der Waals surface area contributed by atoms with E-state index in [1.165, 1.54) is 9.80 Å². The predicted octanol–water partition coefficient (Wildman–Crippen LogP) is 1.47. The number of hydrogen-bond donors (Lipinski definition) is 1. The summed E-state index contributed by atoms with van der Waals surface area (Å²) in [4.78, 5) is 14.6. The largest absolute Gasteiger partial charge is 0.340 e. The van der Waals surface area contributed by atoms with Gasteiger partial charge in [0, 0.05) is 38.6 Å². The van der Waals surface area contributed by atoms with Gasteiger partial charge in [-0.25, -0.2) is 8.78 Å². The highest BCUT2D eigenvalue weighted by molar-refractivity contribution is 5.85. The first kappa shape index (κ1) is 23.0. The molecule has 1 saturated heterocycles. The Labute approximate surface area is 133 Å². The molecule has 0 spiro atoms. The van der Waals surface area contributed by atoms with Crippen molar-refractivity contribution in [3.05, 3.63) is 0 Å². The summed E-state index contributed by atoms with van der Waals surface area (Å²) in [5.41, 5.74) is 5.38. The van der Waals surface area contributed by atoms with E-state index in [1.807, 2.05) is 0 Å². The maximum absolute atomic E-state index is 12.9. The molecule has 1 rings (SSSR count). The van der Waals surface area contributed by atoms with Crippen LogP contribution in [0.15, 0.2) is 0 Å². The number of nitrogens with zero attached hydrogens (tertiary/aromatic N) is 2. The first-order valence-corrected chi connectivity index (χ1v) is 6.15. The molecule has 0 saturated carbocycles. The Morgan fingerprint density at radius 1 is 1.19 bits per heavy atom. The van der Waals surface area contributed by atoms with Crippen molar-refractivity contribution in [3.8, 4) is 0 Å². The lowest BCUT2D eigenvalue weighted by Crippen LogP contribution is -2.53. The monoisotopic (exact) mass is 357 g/mol. The van der Waals surface area contributed by atoms with E-state index in [0.717, 1.165) is 0 Å². The molecule has 21 heavy (non-hydrogen) atoms. The van der Waals surface area contributed by atoms with Gasteiger partial charge in [0.2, 0.25) is 5.91 Å². The first-order chi connectivity index (χ1) is 8.77. The Kier molecular flexibility index (Phi) is 10.6. The van der Waals surface area contributed by atoms with Crippen LogP contribution < -0.4 is 5.73 Å². The summed E-state index contributed by atoms with van der Waals surface area (Å²) >= 11 is 0. The fourth-order valence-corrected chi connectivity index (χ4v) is 1.91. The van der Waals surface area contributed by atoms with E-state index >= 15 is 0 Å². The van der Waals surface area contributed by atoms with Crippen LogP contribution in [0.2, 0.25) is 0 Å². The number of alkyl halides is 4. The number of rotatable bonds is 5. The van der Waals surface area contributed by atoms with Crippen LogP contribution in [0, 0.1) is 5.92 Å². The van der Waals surface area contributed by atoms with Crippen molar-refractivity contribution in [2.24, 2.45) is 11.7 Å².